The van der Waals surface area contributed by atoms with Crippen LogP contribution in [0.2, 0.25) is 0 Å². The Kier molecular flexibility index (Phi) is 5.19. The first kappa shape index (κ1) is 11.1. The molecule has 0 amide bonds. The number of aromatic nitrogens is 1. The Morgan fingerprint density at radius 2 is 2.21 bits per heavy atom. The predicted octanol–water partition coefficient (Wildman–Crippen LogP) is 0.905. The minimum Gasteiger partial charge on any atom is -0.329 e. The van der Waals surface area contributed by atoms with Gasteiger partial charge in [-0.3, -0.25) is 4.98 Å². The van der Waals surface area contributed by atoms with Crippen LogP contribution in [0.3, 0.4) is 0 Å². The lowest BCUT2D eigenvalue weighted by Gasteiger charge is -2.14. The molecule has 0 aliphatic carbocycles. The molecule has 14 heavy (non-hydrogen) atoms. The highest BCUT2D eigenvalue weighted by atomic mass is 15.1. The van der Waals surface area contributed by atoms with Gasteiger partial charge in [-0.25, -0.2) is 0 Å². The summed E-state index contributed by atoms with van der Waals surface area (Å²) in [5, 5.41) is 0. The molecular weight excluding hydrogens is 174 g/mol. The highest BCUT2D eigenvalue weighted by molar-refractivity contribution is 5.03. The maximum Gasteiger partial charge on any atom is 0.0404 e. The summed E-state index contributed by atoms with van der Waals surface area (Å²) in [5.41, 5.74) is 6.63. The van der Waals surface area contributed by atoms with Gasteiger partial charge in [-0.05, 0) is 38.6 Å². The van der Waals surface area contributed by atoms with E-state index in [0.29, 0.717) is 0 Å². The quantitative estimate of drug-likeness (QED) is 0.730. The number of pyridine rings is 1. The summed E-state index contributed by atoms with van der Waals surface area (Å²) in [6, 6.07) is 6.05. The SMILES string of the molecule is CN(CCN)CCCc1ccccn1. The summed E-state index contributed by atoms with van der Waals surface area (Å²) in [6.45, 7) is 2.80. The Labute approximate surface area is 85.9 Å². The van der Waals surface area contributed by atoms with Gasteiger partial charge in [-0.1, -0.05) is 6.07 Å². The zero-order valence-electron chi connectivity index (χ0n) is 8.82. The van der Waals surface area contributed by atoms with Crippen molar-refractivity contribution in [1.82, 2.24) is 9.88 Å². The lowest BCUT2D eigenvalue weighted by atomic mass is 10.2. The maximum absolute atomic E-state index is 5.46. The van der Waals surface area contributed by atoms with Gasteiger partial charge in [0.2, 0.25) is 0 Å². The molecule has 1 aromatic rings. The fourth-order valence-electron chi connectivity index (χ4n) is 1.41. The zero-order valence-corrected chi connectivity index (χ0v) is 8.82. The molecule has 3 heteroatoms. The second-order valence-electron chi connectivity index (χ2n) is 3.52. The van der Waals surface area contributed by atoms with E-state index < -0.39 is 0 Å². The second kappa shape index (κ2) is 6.51. The van der Waals surface area contributed by atoms with Crippen LogP contribution in [0.5, 0.6) is 0 Å². The summed E-state index contributed by atoms with van der Waals surface area (Å²) in [6.07, 6.45) is 4.04. The molecule has 0 aromatic carbocycles. The van der Waals surface area contributed by atoms with E-state index in [1.165, 1.54) is 5.69 Å². The van der Waals surface area contributed by atoms with Crippen LogP contribution in [0.4, 0.5) is 0 Å². The van der Waals surface area contributed by atoms with Crippen molar-refractivity contribution < 1.29 is 0 Å². The van der Waals surface area contributed by atoms with Crippen LogP contribution in [0.1, 0.15) is 12.1 Å². The van der Waals surface area contributed by atoms with Gasteiger partial charge in [-0.2, -0.15) is 0 Å². The number of nitrogens with two attached hydrogens (primary N) is 1. The van der Waals surface area contributed by atoms with E-state index in [1.807, 2.05) is 18.3 Å². The summed E-state index contributed by atoms with van der Waals surface area (Å²) in [5.74, 6) is 0. The molecule has 0 aliphatic heterocycles. The number of hydrogen-bond acceptors (Lipinski definition) is 3. The smallest absolute Gasteiger partial charge is 0.0404 e. The van der Waals surface area contributed by atoms with Crippen LogP contribution < -0.4 is 5.73 Å². The molecular formula is C11H19N3. The first-order valence-electron chi connectivity index (χ1n) is 5.11. The van der Waals surface area contributed by atoms with Crippen LogP contribution in [0.15, 0.2) is 24.4 Å². The van der Waals surface area contributed by atoms with Gasteiger partial charge in [-0.15, -0.1) is 0 Å². The number of rotatable bonds is 6. The molecule has 1 rings (SSSR count). The second-order valence-corrected chi connectivity index (χ2v) is 3.52. The fourth-order valence-corrected chi connectivity index (χ4v) is 1.41. The third-order valence-corrected chi connectivity index (χ3v) is 2.21. The van der Waals surface area contributed by atoms with Gasteiger partial charge < -0.3 is 10.6 Å². The van der Waals surface area contributed by atoms with Crippen LogP contribution in [-0.4, -0.2) is 36.6 Å². The van der Waals surface area contributed by atoms with Gasteiger partial charge in [0.25, 0.3) is 0 Å². The molecule has 1 heterocycles. The van der Waals surface area contributed by atoms with E-state index in [2.05, 4.69) is 23.0 Å². The minimum absolute atomic E-state index is 0.736. The van der Waals surface area contributed by atoms with Crippen molar-refractivity contribution in [2.75, 3.05) is 26.7 Å². The third-order valence-electron chi connectivity index (χ3n) is 2.21. The standard InChI is InChI=1S/C11H19N3/c1-14(10-7-12)9-4-6-11-5-2-3-8-13-11/h2-3,5,8H,4,6-7,9-10,12H2,1H3. The molecule has 0 fully saturated rings. The van der Waals surface area contributed by atoms with E-state index in [9.17, 15) is 0 Å². The van der Waals surface area contributed by atoms with E-state index in [-0.39, 0.29) is 0 Å². The molecule has 0 bridgehead atoms. The van der Waals surface area contributed by atoms with E-state index >= 15 is 0 Å². The van der Waals surface area contributed by atoms with Gasteiger partial charge in [0.1, 0.15) is 0 Å². The molecule has 0 radical (unpaired) electrons. The van der Waals surface area contributed by atoms with Gasteiger partial charge in [0, 0.05) is 25.0 Å². The van der Waals surface area contributed by atoms with Crippen molar-refractivity contribution >= 4 is 0 Å². The number of likely N-dealkylation sites (N-methyl/N-ethyl adjacent to an activating group) is 1. The first-order valence-corrected chi connectivity index (χ1v) is 5.11. The first-order chi connectivity index (χ1) is 6.83. The Morgan fingerprint density at radius 3 is 2.86 bits per heavy atom. The normalized spacial score (nSPS) is 10.8. The minimum atomic E-state index is 0.736. The molecule has 0 unspecified atom stereocenters. The van der Waals surface area contributed by atoms with E-state index in [1.54, 1.807) is 0 Å². The lowest BCUT2D eigenvalue weighted by molar-refractivity contribution is 0.338. The number of aryl methyl sites for hydroxylation is 1. The summed E-state index contributed by atoms with van der Waals surface area (Å²) < 4.78 is 0. The molecule has 0 spiro atoms. The van der Waals surface area contributed by atoms with Crippen molar-refractivity contribution in [2.45, 2.75) is 12.8 Å². The Balaban J connectivity index is 2.16. The number of hydrogen-bond donors (Lipinski definition) is 1. The molecule has 2 N–H and O–H groups in total. The monoisotopic (exact) mass is 193 g/mol. The van der Waals surface area contributed by atoms with Crippen LogP contribution >= 0.6 is 0 Å². The van der Waals surface area contributed by atoms with Crippen molar-refractivity contribution in [2.24, 2.45) is 5.73 Å². The highest BCUT2D eigenvalue weighted by Gasteiger charge is 1.97. The Hall–Kier alpha value is -0.930. The Morgan fingerprint density at radius 1 is 1.36 bits per heavy atom. The fraction of sp³-hybridized carbons (Fsp3) is 0.545. The Bertz CT molecular complexity index is 236. The van der Waals surface area contributed by atoms with Crippen LogP contribution in [0.25, 0.3) is 0 Å². The average molecular weight is 193 g/mol. The number of nitrogens with zero attached hydrogens (tertiary/aromatic N) is 2. The predicted molar refractivity (Wildman–Crippen MR) is 59.1 cm³/mol. The molecule has 0 aliphatic rings. The average Bonchev–Trinajstić information content (AvgIpc) is 2.20. The molecule has 0 saturated heterocycles. The topological polar surface area (TPSA) is 42.1 Å². The molecule has 1 aromatic heterocycles. The van der Waals surface area contributed by atoms with Crippen LogP contribution in [0, 0.1) is 0 Å². The summed E-state index contributed by atoms with van der Waals surface area (Å²) in [7, 11) is 2.10. The largest absolute Gasteiger partial charge is 0.329 e. The lowest BCUT2D eigenvalue weighted by Crippen LogP contribution is -2.26. The van der Waals surface area contributed by atoms with Crippen LogP contribution in [-0.2, 0) is 6.42 Å². The zero-order chi connectivity index (χ0) is 10.2. The summed E-state index contributed by atoms with van der Waals surface area (Å²) >= 11 is 0. The van der Waals surface area contributed by atoms with Crippen molar-refractivity contribution in [1.29, 1.82) is 0 Å². The van der Waals surface area contributed by atoms with Crippen molar-refractivity contribution in [3.05, 3.63) is 30.1 Å². The molecule has 78 valence electrons. The van der Waals surface area contributed by atoms with Gasteiger partial charge in [0.05, 0.1) is 0 Å². The van der Waals surface area contributed by atoms with E-state index in [0.717, 1.165) is 32.5 Å². The van der Waals surface area contributed by atoms with E-state index in [4.69, 9.17) is 5.73 Å². The molecule has 0 atom stereocenters. The molecule has 0 saturated carbocycles. The van der Waals surface area contributed by atoms with Gasteiger partial charge in [0.15, 0.2) is 0 Å². The highest BCUT2D eigenvalue weighted by Crippen LogP contribution is 1.98. The van der Waals surface area contributed by atoms with Gasteiger partial charge >= 0.3 is 0 Å². The third kappa shape index (κ3) is 4.35. The molecule has 3 nitrogen and oxygen atoms in total. The maximum atomic E-state index is 5.46. The van der Waals surface area contributed by atoms with Crippen molar-refractivity contribution in [3.8, 4) is 0 Å². The summed E-state index contributed by atoms with van der Waals surface area (Å²) in [4.78, 5) is 6.53. The van der Waals surface area contributed by atoms with Crippen molar-refractivity contribution in [3.63, 3.8) is 0 Å².